The summed E-state index contributed by atoms with van der Waals surface area (Å²) >= 11 is 0. The predicted octanol–water partition coefficient (Wildman–Crippen LogP) is 1.01. The first-order chi connectivity index (χ1) is 7.16. The highest BCUT2D eigenvalue weighted by Crippen LogP contribution is 2.22. The monoisotopic (exact) mass is 210 g/mol. The molecule has 0 aromatic carbocycles. The quantitative estimate of drug-likeness (QED) is 0.745. The van der Waals surface area contributed by atoms with Gasteiger partial charge in [-0.3, -0.25) is 0 Å². The van der Waals surface area contributed by atoms with Crippen LogP contribution in [0.2, 0.25) is 0 Å². The normalized spacial score (nSPS) is 24.0. The van der Waals surface area contributed by atoms with E-state index >= 15 is 0 Å². The zero-order valence-electron chi connectivity index (χ0n) is 8.84. The zero-order chi connectivity index (χ0) is 10.7. The molecule has 0 saturated carbocycles. The van der Waals surface area contributed by atoms with E-state index in [1.165, 1.54) is 0 Å². The van der Waals surface area contributed by atoms with E-state index in [9.17, 15) is 0 Å². The molecule has 0 N–H and O–H groups in total. The van der Waals surface area contributed by atoms with Crippen LogP contribution in [0.5, 0.6) is 5.88 Å². The van der Waals surface area contributed by atoms with Gasteiger partial charge in [0.2, 0.25) is 5.88 Å². The fraction of sp³-hybridized carbons (Fsp3) is 0.600. The van der Waals surface area contributed by atoms with E-state index in [1.54, 1.807) is 18.3 Å². The molecule has 1 aromatic heterocycles. The van der Waals surface area contributed by atoms with Gasteiger partial charge < -0.3 is 14.2 Å². The Hall–Kier alpha value is -1.20. The summed E-state index contributed by atoms with van der Waals surface area (Å²) in [4.78, 5) is 0. The summed E-state index contributed by atoms with van der Waals surface area (Å²) in [5, 5.41) is 7.52. The molecular formula is C10H14N2O3. The predicted molar refractivity (Wildman–Crippen MR) is 52.4 cm³/mol. The average Bonchev–Trinajstić information content (AvgIpc) is 2.57. The van der Waals surface area contributed by atoms with Crippen LogP contribution in [-0.2, 0) is 9.47 Å². The minimum atomic E-state index is -0.504. The molecule has 82 valence electrons. The lowest BCUT2D eigenvalue weighted by atomic mass is 10.4. The summed E-state index contributed by atoms with van der Waals surface area (Å²) in [6.45, 7) is 4.75. The van der Waals surface area contributed by atoms with E-state index in [2.05, 4.69) is 10.2 Å². The van der Waals surface area contributed by atoms with Crippen molar-refractivity contribution in [1.29, 1.82) is 0 Å². The minimum Gasteiger partial charge on any atom is -0.474 e. The number of hydrogen-bond donors (Lipinski definition) is 0. The molecule has 2 rings (SSSR count). The lowest BCUT2D eigenvalue weighted by molar-refractivity contribution is -0.141. The first kappa shape index (κ1) is 10.3. The summed E-state index contributed by atoms with van der Waals surface area (Å²) < 4.78 is 16.4. The molecule has 1 aliphatic rings. The second-order valence-corrected chi connectivity index (χ2v) is 3.82. The van der Waals surface area contributed by atoms with Gasteiger partial charge in [0.15, 0.2) is 5.79 Å². The van der Waals surface area contributed by atoms with E-state index < -0.39 is 5.79 Å². The Morgan fingerprint density at radius 1 is 1.60 bits per heavy atom. The van der Waals surface area contributed by atoms with Crippen molar-refractivity contribution in [2.75, 3.05) is 13.2 Å². The van der Waals surface area contributed by atoms with Crippen molar-refractivity contribution in [1.82, 2.24) is 10.2 Å². The van der Waals surface area contributed by atoms with E-state index in [4.69, 9.17) is 14.2 Å². The number of nitrogens with zero attached hydrogens (tertiary/aromatic N) is 2. The van der Waals surface area contributed by atoms with Gasteiger partial charge >= 0.3 is 0 Å². The molecule has 0 bridgehead atoms. The molecule has 5 heteroatoms. The van der Waals surface area contributed by atoms with Gasteiger partial charge in [-0.25, -0.2) is 0 Å². The molecule has 1 saturated heterocycles. The smallest absolute Gasteiger partial charge is 0.233 e. The van der Waals surface area contributed by atoms with Gasteiger partial charge in [0.25, 0.3) is 0 Å². The standard InChI is InChI=1S/C10H14N2O3/c1-10(2)14-7-8(15-10)6-13-9-4-3-5-11-12-9/h3-5,8H,6-7H2,1-2H3/t8-/m1/s1. The average molecular weight is 210 g/mol. The van der Waals surface area contributed by atoms with Crippen molar-refractivity contribution in [3.8, 4) is 5.88 Å². The SMILES string of the molecule is CC1(C)OC[C@@H](COc2cccnn2)O1. The van der Waals surface area contributed by atoms with E-state index in [-0.39, 0.29) is 6.10 Å². The van der Waals surface area contributed by atoms with Crippen molar-refractivity contribution in [3.05, 3.63) is 18.3 Å². The number of ether oxygens (including phenoxy) is 3. The van der Waals surface area contributed by atoms with Crippen molar-refractivity contribution in [3.63, 3.8) is 0 Å². The molecule has 1 aromatic rings. The topological polar surface area (TPSA) is 53.5 Å². The van der Waals surface area contributed by atoms with Gasteiger partial charge in [-0.15, -0.1) is 5.10 Å². The fourth-order valence-electron chi connectivity index (χ4n) is 1.39. The second kappa shape index (κ2) is 4.12. The van der Waals surface area contributed by atoms with Crippen LogP contribution < -0.4 is 4.74 Å². The molecule has 0 amide bonds. The molecule has 0 radical (unpaired) electrons. The van der Waals surface area contributed by atoms with Gasteiger partial charge in [-0.2, -0.15) is 5.10 Å². The Balaban J connectivity index is 1.80. The Bertz CT molecular complexity index is 316. The van der Waals surface area contributed by atoms with Gasteiger partial charge in [0.1, 0.15) is 12.7 Å². The summed E-state index contributed by atoms with van der Waals surface area (Å²) in [6.07, 6.45) is 1.56. The van der Waals surface area contributed by atoms with Crippen LogP contribution in [0.3, 0.4) is 0 Å². The molecule has 0 unspecified atom stereocenters. The maximum Gasteiger partial charge on any atom is 0.233 e. The molecule has 15 heavy (non-hydrogen) atoms. The summed E-state index contributed by atoms with van der Waals surface area (Å²) in [5.74, 6) is 0.00180. The Labute approximate surface area is 88.4 Å². The van der Waals surface area contributed by atoms with Gasteiger partial charge in [0.05, 0.1) is 6.61 Å². The third kappa shape index (κ3) is 2.87. The molecular weight excluding hydrogens is 196 g/mol. The molecule has 0 spiro atoms. The highest BCUT2D eigenvalue weighted by Gasteiger charge is 2.32. The van der Waals surface area contributed by atoms with Crippen LogP contribution in [0, 0.1) is 0 Å². The fourth-order valence-corrected chi connectivity index (χ4v) is 1.39. The molecule has 1 fully saturated rings. The Morgan fingerprint density at radius 3 is 3.07 bits per heavy atom. The minimum absolute atomic E-state index is 0.0398. The first-order valence-corrected chi connectivity index (χ1v) is 4.88. The van der Waals surface area contributed by atoms with Crippen LogP contribution in [0.25, 0.3) is 0 Å². The number of hydrogen-bond acceptors (Lipinski definition) is 5. The van der Waals surface area contributed by atoms with E-state index in [0.29, 0.717) is 19.1 Å². The van der Waals surface area contributed by atoms with Crippen molar-refractivity contribution in [2.24, 2.45) is 0 Å². The summed E-state index contributed by atoms with van der Waals surface area (Å²) in [7, 11) is 0. The van der Waals surface area contributed by atoms with Gasteiger partial charge in [-0.05, 0) is 19.9 Å². The lowest BCUT2D eigenvalue weighted by Gasteiger charge is -2.16. The Kier molecular flexibility index (Phi) is 2.83. The van der Waals surface area contributed by atoms with Crippen molar-refractivity contribution < 1.29 is 14.2 Å². The molecule has 5 nitrogen and oxygen atoms in total. The van der Waals surface area contributed by atoms with Crippen LogP contribution in [0.15, 0.2) is 18.3 Å². The summed E-state index contributed by atoms with van der Waals surface area (Å²) in [6, 6.07) is 3.53. The van der Waals surface area contributed by atoms with Gasteiger partial charge in [-0.1, -0.05) is 0 Å². The number of rotatable bonds is 3. The van der Waals surface area contributed by atoms with Crippen LogP contribution in [0.4, 0.5) is 0 Å². The highest BCUT2D eigenvalue weighted by atomic mass is 16.7. The highest BCUT2D eigenvalue weighted by molar-refractivity contribution is 5.05. The lowest BCUT2D eigenvalue weighted by Crippen LogP contribution is -2.25. The first-order valence-electron chi connectivity index (χ1n) is 4.88. The van der Waals surface area contributed by atoms with Gasteiger partial charge in [0, 0.05) is 12.3 Å². The maximum absolute atomic E-state index is 5.58. The molecule has 1 atom stereocenters. The molecule has 0 aliphatic carbocycles. The van der Waals surface area contributed by atoms with Crippen LogP contribution in [-0.4, -0.2) is 35.3 Å². The third-order valence-electron chi connectivity index (χ3n) is 2.03. The summed E-state index contributed by atoms with van der Waals surface area (Å²) in [5.41, 5.74) is 0. The largest absolute Gasteiger partial charge is 0.474 e. The van der Waals surface area contributed by atoms with E-state index in [0.717, 1.165) is 0 Å². The van der Waals surface area contributed by atoms with Crippen molar-refractivity contribution >= 4 is 0 Å². The van der Waals surface area contributed by atoms with Crippen LogP contribution in [0.1, 0.15) is 13.8 Å². The molecule has 2 heterocycles. The Morgan fingerprint density at radius 2 is 2.47 bits per heavy atom. The van der Waals surface area contributed by atoms with Crippen molar-refractivity contribution in [2.45, 2.75) is 25.7 Å². The zero-order valence-corrected chi connectivity index (χ0v) is 8.84. The van der Waals surface area contributed by atoms with E-state index in [1.807, 2.05) is 13.8 Å². The maximum atomic E-state index is 5.58. The third-order valence-corrected chi connectivity index (χ3v) is 2.03. The van der Waals surface area contributed by atoms with Crippen LogP contribution >= 0.6 is 0 Å². The number of aromatic nitrogens is 2. The second-order valence-electron chi connectivity index (χ2n) is 3.82. The molecule has 1 aliphatic heterocycles.